The standard InChI is InChI=1S/C25H29N3O2/c1-3-5-11-19(4-2)16-21(18-29)30-28-25-15-10-9-14-22(25)24(27)17-23(26)20-12-7-6-8-13-20/h4-15,17-18,21,27-28H,3,16,26H2,1-2H3/b11-5-,19-4+,23-17-,27-24?/t21-/m0/s1. The third kappa shape index (κ3) is 6.87. The zero-order chi connectivity index (χ0) is 21.8. The SMILES string of the molecule is C/C=C(\C=C/CC)C[C@@H](C=O)ONc1ccccc1C(=N)/C=C(\N)c1ccccc1. The fraction of sp³-hybridized carbons (Fsp3) is 0.200. The van der Waals surface area contributed by atoms with E-state index in [0.717, 1.165) is 23.8 Å². The molecule has 0 radical (unpaired) electrons. The van der Waals surface area contributed by atoms with Crippen molar-refractivity contribution in [2.75, 3.05) is 5.48 Å². The molecule has 156 valence electrons. The second-order valence-electron chi connectivity index (χ2n) is 6.70. The minimum Gasteiger partial charge on any atom is -0.398 e. The number of rotatable bonds is 11. The molecule has 4 N–H and O–H groups in total. The molecule has 5 nitrogen and oxygen atoms in total. The minimum absolute atomic E-state index is 0.241. The number of carbonyl (C=O) groups excluding carboxylic acids is 1. The molecule has 2 rings (SSSR count). The molecule has 0 aromatic heterocycles. The number of hydrogen-bond donors (Lipinski definition) is 3. The Balaban J connectivity index is 2.12. The van der Waals surface area contributed by atoms with Crippen LogP contribution in [0.15, 0.2) is 84.5 Å². The summed E-state index contributed by atoms with van der Waals surface area (Å²) in [5, 5.41) is 8.46. The molecule has 30 heavy (non-hydrogen) atoms. The van der Waals surface area contributed by atoms with E-state index in [4.69, 9.17) is 16.0 Å². The van der Waals surface area contributed by atoms with Crippen LogP contribution in [0.1, 0.15) is 37.8 Å². The van der Waals surface area contributed by atoms with Crippen molar-refractivity contribution in [2.24, 2.45) is 5.73 Å². The maximum absolute atomic E-state index is 11.5. The van der Waals surface area contributed by atoms with Gasteiger partial charge >= 0.3 is 0 Å². The van der Waals surface area contributed by atoms with Crippen molar-refractivity contribution in [3.05, 3.63) is 95.6 Å². The lowest BCUT2D eigenvalue weighted by Crippen LogP contribution is -2.20. The van der Waals surface area contributed by atoms with Gasteiger partial charge in [-0.25, -0.2) is 0 Å². The Morgan fingerprint density at radius 2 is 1.87 bits per heavy atom. The highest BCUT2D eigenvalue weighted by Gasteiger charge is 2.12. The van der Waals surface area contributed by atoms with Crippen LogP contribution in [-0.4, -0.2) is 18.1 Å². The Morgan fingerprint density at radius 1 is 1.17 bits per heavy atom. The van der Waals surface area contributed by atoms with Crippen LogP contribution >= 0.6 is 0 Å². The van der Waals surface area contributed by atoms with E-state index in [-0.39, 0.29) is 5.71 Å². The van der Waals surface area contributed by atoms with Crippen LogP contribution < -0.4 is 11.2 Å². The van der Waals surface area contributed by atoms with Gasteiger partial charge in [-0.05, 0) is 36.6 Å². The van der Waals surface area contributed by atoms with E-state index in [9.17, 15) is 4.79 Å². The average molecular weight is 404 g/mol. The number of anilines is 1. The molecular formula is C25H29N3O2. The van der Waals surface area contributed by atoms with E-state index in [1.807, 2.05) is 67.6 Å². The van der Waals surface area contributed by atoms with Gasteiger partial charge in [0.05, 0.1) is 11.4 Å². The highest BCUT2D eigenvalue weighted by Crippen LogP contribution is 2.19. The summed E-state index contributed by atoms with van der Waals surface area (Å²) in [6.07, 6.45) is 9.14. The number of para-hydroxylation sites is 1. The number of hydrogen-bond acceptors (Lipinski definition) is 5. The molecule has 0 heterocycles. The van der Waals surface area contributed by atoms with Crippen LogP contribution in [-0.2, 0) is 9.63 Å². The smallest absolute Gasteiger partial charge is 0.151 e. The van der Waals surface area contributed by atoms with E-state index in [1.165, 1.54) is 0 Å². The van der Waals surface area contributed by atoms with Crippen molar-refractivity contribution >= 4 is 23.4 Å². The maximum atomic E-state index is 11.5. The molecule has 0 amide bonds. The van der Waals surface area contributed by atoms with Gasteiger partial charge < -0.3 is 15.9 Å². The van der Waals surface area contributed by atoms with Crippen LogP contribution in [0.25, 0.3) is 5.70 Å². The lowest BCUT2D eigenvalue weighted by Gasteiger charge is -2.16. The fourth-order valence-electron chi connectivity index (χ4n) is 2.79. The molecule has 0 unspecified atom stereocenters. The first-order chi connectivity index (χ1) is 14.6. The molecule has 2 aromatic carbocycles. The molecule has 0 saturated heterocycles. The molecule has 2 aromatic rings. The third-order valence-electron chi connectivity index (χ3n) is 4.47. The second kappa shape index (κ2) is 12.2. The molecule has 5 heteroatoms. The Bertz CT molecular complexity index is 930. The second-order valence-corrected chi connectivity index (χ2v) is 6.70. The number of carbonyl (C=O) groups is 1. The summed E-state index contributed by atoms with van der Waals surface area (Å²) in [7, 11) is 0. The molecular weight excluding hydrogens is 374 g/mol. The van der Waals surface area contributed by atoms with Gasteiger partial charge in [-0.15, -0.1) is 0 Å². The Hall–Kier alpha value is -3.44. The van der Waals surface area contributed by atoms with Gasteiger partial charge in [0, 0.05) is 17.7 Å². The van der Waals surface area contributed by atoms with Gasteiger partial charge in [-0.1, -0.05) is 73.7 Å². The van der Waals surface area contributed by atoms with Gasteiger partial charge in [-0.3, -0.25) is 10.3 Å². The van der Waals surface area contributed by atoms with Gasteiger partial charge in [0.2, 0.25) is 0 Å². The number of nitrogens with two attached hydrogens (primary N) is 1. The topological polar surface area (TPSA) is 88.2 Å². The van der Waals surface area contributed by atoms with Crippen LogP contribution in [0.3, 0.4) is 0 Å². The van der Waals surface area contributed by atoms with Crippen LogP contribution in [0, 0.1) is 5.41 Å². The average Bonchev–Trinajstić information content (AvgIpc) is 2.79. The van der Waals surface area contributed by atoms with Gasteiger partial charge in [0.1, 0.15) is 6.10 Å². The van der Waals surface area contributed by atoms with E-state index in [0.29, 0.717) is 23.4 Å². The van der Waals surface area contributed by atoms with Crippen molar-refractivity contribution < 1.29 is 9.63 Å². The predicted octanol–water partition coefficient (Wildman–Crippen LogP) is 5.27. The van der Waals surface area contributed by atoms with Gasteiger partial charge in [0.15, 0.2) is 6.29 Å². The molecule has 0 aliphatic heterocycles. The molecule has 0 saturated carbocycles. The highest BCUT2D eigenvalue weighted by atomic mass is 16.7. The van der Waals surface area contributed by atoms with E-state index < -0.39 is 6.10 Å². The predicted molar refractivity (Wildman–Crippen MR) is 124 cm³/mol. The van der Waals surface area contributed by atoms with Crippen molar-refractivity contribution in [1.82, 2.24) is 0 Å². The number of nitrogens with one attached hydrogen (secondary N) is 2. The molecule has 0 aliphatic carbocycles. The van der Waals surface area contributed by atoms with E-state index in [1.54, 1.807) is 18.2 Å². The van der Waals surface area contributed by atoms with Crippen LogP contribution in [0.4, 0.5) is 5.69 Å². The summed E-state index contributed by atoms with van der Waals surface area (Å²) in [6, 6.07) is 16.8. The first kappa shape index (κ1) is 22.8. The molecule has 0 aliphatic rings. The summed E-state index contributed by atoms with van der Waals surface area (Å²) in [4.78, 5) is 17.1. The molecule has 0 spiro atoms. The van der Waals surface area contributed by atoms with Crippen molar-refractivity contribution in [3.8, 4) is 0 Å². The van der Waals surface area contributed by atoms with Crippen molar-refractivity contribution in [1.29, 1.82) is 5.41 Å². The summed E-state index contributed by atoms with van der Waals surface area (Å²) < 4.78 is 0. The molecule has 1 atom stereocenters. The number of benzene rings is 2. The minimum atomic E-state index is -0.648. The Morgan fingerprint density at radius 3 is 2.53 bits per heavy atom. The quantitative estimate of drug-likeness (QED) is 0.206. The Kier molecular flexibility index (Phi) is 9.28. The van der Waals surface area contributed by atoms with Gasteiger partial charge in [-0.2, -0.15) is 0 Å². The fourth-order valence-corrected chi connectivity index (χ4v) is 2.79. The first-order valence-electron chi connectivity index (χ1n) is 9.98. The van der Waals surface area contributed by atoms with Crippen LogP contribution in [0.5, 0.6) is 0 Å². The Labute approximate surface area is 178 Å². The highest BCUT2D eigenvalue weighted by molar-refractivity contribution is 6.13. The van der Waals surface area contributed by atoms with Crippen LogP contribution in [0.2, 0.25) is 0 Å². The lowest BCUT2D eigenvalue weighted by molar-refractivity contribution is -0.116. The summed E-state index contributed by atoms with van der Waals surface area (Å²) in [5.41, 5.74) is 12.8. The molecule has 0 bridgehead atoms. The normalized spacial score (nSPS) is 13.3. The zero-order valence-corrected chi connectivity index (χ0v) is 17.5. The zero-order valence-electron chi connectivity index (χ0n) is 17.5. The molecule has 0 fully saturated rings. The van der Waals surface area contributed by atoms with E-state index in [2.05, 4.69) is 12.4 Å². The first-order valence-corrected chi connectivity index (χ1v) is 9.98. The summed E-state index contributed by atoms with van der Waals surface area (Å²) in [6.45, 7) is 3.99. The van der Waals surface area contributed by atoms with Gasteiger partial charge in [0.25, 0.3) is 0 Å². The van der Waals surface area contributed by atoms with Crippen molar-refractivity contribution in [3.63, 3.8) is 0 Å². The number of allylic oxidation sites excluding steroid dienone is 4. The van der Waals surface area contributed by atoms with E-state index >= 15 is 0 Å². The lowest BCUT2D eigenvalue weighted by atomic mass is 10.0. The van der Waals surface area contributed by atoms with Crippen molar-refractivity contribution in [2.45, 2.75) is 32.8 Å². The largest absolute Gasteiger partial charge is 0.398 e. The number of aldehydes is 1. The summed E-state index contributed by atoms with van der Waals surface area (Å²) in [5.74, 6) is 0. The monoisotopic (exact) mass is 403 g/mol. The third-order valence-corrected chi connectivity index (χ3v) is 4.47. The maximum Gasteiger partial charge on any atom is 0.151 e. The summed E-state index contributed by atoms with van der Waals surface area (Å²) >= 11 is 0.